The monoisotopic (exact) mass is 342 g/mol. The van der Waals surface area contributed by atoms with E-state index in [0.717, 1.165) is 38.2 Å². The molecule has 1 aliphatic heterocycles. The zero-order chi connectivity index (χ0) is 15.7. The lowest BCUT2D eigenvalue weighted by Gasteiger charge is -2.36. The Morgan fingerprint density at radius 2 is 1.95 bits per heavy atom. The van der Waals surface area contributed by atoms with Crippen LogP contribution in [0.5, 0.6) is 0 Å². The van der Waals surface area contributed by atoms with Crippen LogP contribution in [0.15, 0.2) is 12.3 Å². The van der Waals surface area contributed by atoms with E-state index in [2.05, 4.69) is 9.88 Å². The Hall–Kier alpha value is -1.04. The highest BCUT2D eigenvalue weighted by Gasteiger charge is 2.32. The van der Waals surface area contributed by atoms with Gasteiger partial charge in [0.15, 0.2) is 0 Å². The first-order chi connectivity index (χ1) is 10.5. The number of nitrogens with two attached hydrogens (primary N) is 1. The second kappa shape index (κ2) is 6.60. The van der Waals surface area contributed by atoms with Gasteiger partial charge in [-0.05, 0) is 25.3 Å². The van der Waals surface area contributed by atoms with Crippen LogP contribution in [-0.4, -0.2) is 48.0 Å². The average Bonchev–Trinajstić information content (AvgIpc) is 2.93. The first kappa shape index (κ1) is 15.8. The molecule has 2 heterocycles. The Morgan fingerprint density at radius 1 is 1.23 bits per heavy atom. The first-order valence-electron chi connectivity index (χ1n) is 7.65. The predicted octanol–water partition coefficient (Wildman–Crippen LogP) is 2.16. The summed E-state index contributed by atoms with van der Waals surface area (Å²) < 4.78 is 0. The lowest BCUT2D eigenvalue weighted by atomic mass is 10.1. The minimum atomic E-state index is 0.110. The zero-order valence-corrected chi connectivity index (χ0v) is 13.9. The molecule has 0 bridgehead atoms. The van der Waals surface area contributed by atoms with Gasteiger partial charge in [-0.1, -0.05) is 23.2 Å². The topological polar surface area (TPSA) is 62.5 Å². The van der Waals surface area contributed by atoms with Crippen LogP contribution in [0.4, 0.5) is 5.82 Å². The highest BCUT2D eigenvalue weighted by Crippen LogP contribution is 2.29. The number of halogens is 2. The van der Waals surface area contributed by atoms with Gasteiger partial charge in [-0.15, -0.1) is 0 Å². The number of piperazine rings is 1. The second-order valence-electron chi connectivity index (χ2n) is 6.04. The van der Waals surface area contributed by atoms with Gasteiger partial charge in [-0.25, -0.2) is 4.98 Å². The fraction of sp³-hybridized carbons (Fsp3) is 0.600. The molecule has 0 aromatic carbocycles. The van der Waals surface area contributed by atoms with Crippen molar-refractivity contribution < 1.29 is 4.79 Å². The molecule has 2 aliphatic rings. The Morgan fingerprint density at radius 3 is 2.55 bits per heavy atom. The Bertz CT molecular complexity index is 560. The predicted molar refractivity (Wildman–Crippen MR) is 88.4 cm³/mol. The fourth-order valence-electron chi connectivity index (χ4n) is 3.28. The SMILES string of the molecule is N[C@H]1CC[C@H](C(=O)N2CCN(c3ncc(Cl)cc3Cl)CC2)C1. The lowest BCUT2D eigenvalue weighted by molar-refractivity contribution is -0.135. The van der Waals surface area contributed by atoms with Gasteiger partial charge in [0.25, 0.3) is 0 Å². The van der Waals surface area contributed by atoms with E-state index in [1.165, 1.54) is 0 Å². The molecule has 7 heteroatoms. The number of carbonyl (C=O) groups is 1. The van der Waals surface area contributed by atoms with Crippen LogP contribution in [0.2, 0.25) is 10.0 Å². The van der Waals surface area contributed by atoms with Gasteiger partial charge in [0.2, 0.25) is 5.91 Å². The Labute approximate surface area is 140 Å². The minimum absolute atomic E-state index is 0.110. The summed E-state index contributed by atoms with van der Waals surface area (Å²) >= 11 is 12.1. The van der Waals surface area contributed by atoms with E-state index in [4.69, 9.17) is 28.9 Å². The molecular weight excluding hydrogens is 323 g/mol. The smallest absolute Gasteiger partial charge is 0.225 e. The van der Waals surface area contributed by atoms with E-state index < -0.39 is 0 Å². The molecule has 120 valence electrons. The number of anilines is 1. The van der Waals surface area contributed by atoms with Crippen molar-refractivity contribution in [2.24, 2.45) is 11.7 Å². The van der Waals surface area contributed by atoms with Crippen LogP contribution < -0.4 is 10.6 Å². The number of nitrogens with zero attached hydrogens (tertiary/aromatic N) is 3. The molecule has 1 saturated heterocycles. The molecule has 1 aromatic rings. The summed E-state index contributed by atoms with van der Waals surface area (Å²) in [5.74, 6) is 1.10. The van der Waals surface area contributed by atoms with Gasteiger partial charge >= 0.3 is 0 Å². The maximum Gasteiger partial charge on any atom is 0.225 e. The van der Waals surface area contributed by atoms with Gasteiger partial charge in [0.1, 0.15) is 5.82 Å². The van der Waals surface area contributed by atoms with Gasteiger partial charge in [-0.2, -0.15) is 0 Å². The molecule has 0 unspecified atom stereocenters. The van der Waals surface area contributed by atoms with Crippen LogP contribution in [0.1, 0.15) is 19.3 Å². The van der Waals surface area contributed by atoms with Crippen molar-refractivity contribution in [3.63, 3.8) is 0 Å². The average molecular weight is 343 g/mol. The number of carbonyl (C=O) groups excluding carboxylic acids is 1. The number of rotatable bonds is 2. The van der Waals surface area contributed by atoms with Gasteiger partial charge < -0.3 is 15.5 Å². The van der Waals surface area contributed by atoms with Crippen molar-refractivity contribution in [3.05, 3.63) is 22.3 Å². The summed E-state index contributed by atoms with van der Waals surface area (Å²) in [6.45, 7) is 2.87. The van der Waals surface area contributed by atoms with Gasteiger partial charge in [-0.3, -0.25) is 4.79 Å². The third-order valence-corrected chi connectivity index (χ3v) is 4.99. The Balaban J connectivity index is 1.59. The van der Waals surface area contributed by atoms with Crippen molar-refractivity contribution in [2.75, 3.05) is 31.1 Å². The molecule has 2 atom stereocenters. The maximum atomic E-state index is 12.5. The van der Waals surface area contributed by atoms with Crippen molar-refractivity contribution in [3.8, 4) is 0 Å². The zero-order valence-electron chi connectivity index (χ0n) is 12.3. The molecule has 2 fully saturated rings. The standard InChI is InChI=1S/C15H20Cl2N4O/c16-11-8-13(17)14(19-9-11)20-3-5-21(6-4-20)15(22)10-1-2-12(18)7-10/h8-10,12H,1-7,18H2/t10-,12-/m0/s1. The van der Waals surface area contributed by atoms with E-state index in [9.17, 15) is 4.79 Å². The van der Waals surface area contributed by atoms with Crippen LogP contribution in [0, 0.1) is 5.92 Å². The van der Waals surface area contributed by atoms with E-state index in [0.29, 0.717) is 23.1 Å². The maximum absolute atomic E-state index is 12.5. The van der Waals surface area contributed by atoms with Crippen LogP contribution in [0.25, 0.3) is 0 Å². The third-order valence-electron chi connectivity index (χ3n) is 4.50. The Kier molecular flexibility index (Phi) is 4.76. The third kappa shape index (κ3) is 3.31. The summed E-state index contributed by atoms with van der Waals surface area (Å²) in [6.07, 6.45) is 4.30. The van der Waals surface area contributed by atoms with Crippen molar-refractivity contribution in [2.45, 2.75) is 25.3 Å². The molecule has 0 spiro atoms. The molecule has 22 heavy (non-hydrogen) atoms. The van der Waals surface area contributed by atoms with Gasteiger partial charge in [0, 0.05) is 44.3 Å². The molecule has 1 amide bonds. The molecule has 1 aromatic heterocycles. The van der Waals surface area contributed by atoms with Crippen LogP contribution in [0.3, 0.4) is 0 Å². The minimum Gasteiger partial charge on any atom is -0.352 e. The molecular formula is C15H20Cl2N4O. The van der Waals surface area contributed by atoms with Crippen LogP contribution >= 0.6 is 23.2 Å². The highest BCUT2D eigenvalue weighted by atomic mass is 35.5. The lowest BCUT2D eigenvalue weighted by Crippen LogP contribution is -2.50. The van der Waals surface area contributed by atoms with Crippen molar-refractivity contribution in [1.82, 2.24) is 9.88 Å². The summed E-state index contributed by atoms with van der Waals surface area (Å²) in [5.41, 5.74) is 5.91. The molecule has 0 radical (unpaired) electrons. The van der Waals surface area contributed by atoms with E-state index in [1.807, 2.05) is 4.90 Å². The van der Waals surface area contributed by atoms with Crippen LogP contribution in [-0.2, 0) is 4.79 Å². The summed E-state index contributed by atoms with van der Waals surface area (Å²) in [7, 11) is 0. The quantitative estimate of drug-likeness (QED) is 0.894. The summed E-state index contributed by atoms with van der Waals surface area (Å²) in [4.78, 5) is 20.8. The van der Waals surface area contributed by atoms with E-state index in [1.54, 1.807) is 12.3 Å². The largest absolute Gasteiger partial charge is 0.352 e. The molecule has 1 saturated carbocycles. The summed E-state index contributed by atoms with van der Waals surface area (Å²) in [5, 5.41) is 1.08. The molecule has 2 N–H and O–H groups in total. The molecule has 5 nitrogen and oxygen atoms in total. The van der Waals surface area contributed by atoms with E-state index >= 15 is 0 Å². The normalized spacial score (nSPS) is 25.6. The highest BCUT2D eigenvalue weighted by molar-refractivity contribution is 6.36. The van der Waals surface area contributed by atoms with Crippen molar-refractivity contribution >= 4 is 34.9 Å². The summed E-state index contributed by atoms with van der Waals surface area (Å²) in [6, 6.07) is 1.88. The number of pyridine rings is 1. The first-order valence-corrected chi connectivity index (χ1v) is 8.40. The van der Waals surface area contributed by atoms with Gasteiger partial charge in [0.05, 0.1) is 10.0 Å². The second-order valence-corrected chi connectivity index (χ2v) is 6.88. The fourth-order valence-corrected chi connectivity index (χ4v) is 3.78. The number of aromatic nitrogens is 1. The van der Waals surface area contributed by atoms with E-state index in [-0.39, 0.29) is 17.9 Å². The number of amides is 1. The van der Waals surface area contributed by atoms with Crippen molar-refractivity contribution in [1.29, 1.82) is 0 Å². The molecule has 3 rings (SSSR count). The molecule has 1 aliphatic carbocycles. The number of hydrogen-bond acceptors (Lipinski definition) is 4. The number of hydrogen-bond donors (Lipinski definition) is 1.